The van der Waals surface area contributed by atoms with Crippen molar-refractivity contribution >= 4 is 75.4 Å². The second-order valence-electron chi connectivity index (χ2n) is 10.3. The van der Waals surface area contributed by atoms with E-state index in [1.54, 1.807) is 36.4 Å². The molecular formula is C33H27Cl3N6O5. The zero-order valence-corrected chi connectivity index (χ0v) is 27.5. The number of methoxy groups -OCH3 is 1. The molecule has 11 nitrogen and oxygen atoms in total. The van der Waals surface area contributed by atoms with E-state index >= 15 is 0 Å². The van der Waals surface area contributed by atoms with Gasteiger partial charge in [-0.1, -0.05) is 53.0 Å². The summed E-state index contributed by atoms with van der Waals surface area (Å²) in [5.74, 6) is -0.626. The van der Waals surface area contributed by atoms with E-state index in [9.17, 15) is 14.4 Å². The van der Waals surface area contributed by atoms with Crippen molar-refractivity contribution in [2.24, 2.45) is 15.3 Å². The van der Waals surface area contributed by atoms with Crippen molar-refractivity contribution in [3.63, 3.8) is 0 Å². The third-order valence-electron chi connectivity index (χ3n) is 6.82. The van der Waals surface area contributed by atoms with Crippen LogP contribution in [0.15, 0.2) is 94.2 Å². The summed E-state index contributed by atoms with van der Waals surface area (Å²) in [5, 5.41) is 19.4. The van der Waals surface area contributed by atoms with E-state index in [0.29, 0.717) is 22.9 Å². The first kappa shape index (κ1) is 33.4. The van der Waals surface area contributed by atoms with Crippen LogP contribution in [0.1, 0.15) is 21.5 Å². The van der Waals surface area contributed by atoms with E-state index in [1.807, 2.05) is 32.0 Å². The maximum absolute atomic E-state index is 13.6. The van der Waals surface area contributed by atoms with Gasteiger partial charge in [-0.15, -0.1) is 5.10 Å². The van der Waals surface area contributed by atoms with E-state index < -0.39 is 23.8 Å². The molecule has 0 aromatic heterocycles. The minimum atomic E-state index is -1.35. The Morgan fingerprint density at radius 3 is 2.36 bits per heavy atom. The lowest BCUT2D eigenvalue weighted by Crippen LogP contribution is -2.39. The molecule has 1 heterocycles. The molecule has 0 aliphatic carbocycles. The minimum Gasteiger partial charge on any atom is -0.497 e. The topological polar surface area (TPSA) is 134 Å². The van der Waals surface area contributed by atoms with Crippen LogP contribution in [-0.4, -0.2) is 43.3 Å². The maximum atomic E-state index is 13.6. The van der Waals surface area contributed by atoms with Crippen molar-refractivity contribution in [1.29, 1.82) is 0 Å². The first-order valence-electron chi connectivity index (χ1n) is 14.1. The lowest BCUT2D eigenvalue weighted by molar-refractivity contribution is -0.118. The summed E-state index contributed by atoms with van der Waals surface area (Å²) in [6, 6.07) is 20.1. The van der Waals surface area contributed by atoms with Crippen LogP contribution in [0.4, 0.5) is 17.1 Å². The highest BCUT2D eigenvalue weighted by Gasteiger charge is 2.40. The molecule has 4 aromatic carbocycles. The average molecular weight is 694 g/mol. The van der Waals surface area contributed by atoms with Gasteiger partial charge in [-0.25, -0.2) is 0 Å². The van der Waals surface area contributed by atoms with Gasteiger partial charge in [0.1, 0.15) is 17.2 Å². The third-order valence-corrected chi connectivity index (χ3v) is 7.61. The molecule has 47 heavy (non-hydrogen) atoms. The average Bonchev–Trinajstić information content (AvgIpc) is 3.33. The SMILES string of the molecule is COc1ccc(N=NC2C(=O)N(c3c(Cl)cc(Cl)cc3Cl)N=C2NC(=O)c2cccc(NC(=O)COc3cc(C)ccc3C)c2)cc1. The summed E-state index contributed by atoms with van der Waals surface area (Å²) in [6.45, 7) is 3.59. The molecule has 240 valence electrons. The summed E-state index contributed by atoms with van der Waals surface area (Å²) >= 11 is 18.8. The Kier molecular flexibility index (Phi) is 10.4. The fraction of sp³-hybridized carbons (Fsp3) is 0.152. The number of hydrazone groups is 1. The van der Waals surface area contributed by atoms with Gasteiger partial charge < -0.3 is 20.1 Å². The van der Waals surface area contributed by atoms with E-state index in [1.165, 1.54) is 31.4 Å². The molecule has 14 heteroatoms. The van der Waals surface area contributed by atoms with Crippen LogP contribution in [-0.2, 0) is 9.59 Å². The third kappa shape index (κ3) is 8.07. The number of ether oxygens (including phenoxy) is 2. The quantitative estimate of drug-likeness (QED) is 0.175. The first-order chi connectivity index (χ1) is 22.5. The molecule has 0 bridgehead atoms. The number of rotatable bonds is 9. The van der Waals surface area contributed by atoms with Gasteiger partial charge in [-0.2, -0.15) is 15.2 Å². The van der Waals surface area contributed by atoms with Crippen molar-refractivity contribution in [2.45, 2.75) is 19.9 Å². The molecule has 1 aliphatic heterocycles. The molecule has 0 fully saturated rings. The zero-order valence-electron chi connectivity index (χ0n) is 25.3. The maximum Gasteiger partial charge on any atom is 0.282 e. The Morgan fingerprint density at radius 2 is 1.66 bits per heavy atom. The molecular weight excluding hydrogens is 667 g/mol. The van der Waals surface area contributed by atoms with Crippen LogP contribution in [0.25, 0.3) is 0 Å². The molecule has 0 radical (unpaired) electrons. The van der Waals surface area contributed by atoms with E-state index in [-0.39, 0.29) is 38.8 Å². The number of nitrogens with one attached hydrogen (secondary N) is 2. The van der Waals surface area contributed by atoms with Gasteiger partial charge in [0.15, 0.2) is 12.4 Å². The molecule has 5 rings (SSSR count). The number of carbonyl (C=O) groups excluding carboxylic acids is 3. The summed E-state index contributed by atoms with van der Waals surface area (Å²) in [6.07, 6.45) is 0. The molecule has 4 aromatic rings. The minimum absolute atomic E-state index is 0.0583. The molecule has 1 aliphatic rings. The van der Waals surface area contributed by atoms with Crippen LogP contribution in [0.3, 0.4) is 0 Å². The molecule has 0 saturated carbocycles. The van der Waals surface area contributed by atoms with E-state index in [0.717, 1.165) is 16.1 Å². The predicted octanol–water partition coefficient (Wildman–Crippen LogP) is 7.53. The smallest absolute Gasteiger partial charge is 0.282 e. The number of carbonyl (C=O) groups is 3. The zero-order chi connectivity index (χ0) is 33.7. The normalized spacial score (nSPS) is 14.3. The van der Waals surface area contributed by atoms with Crippen LogP contribution in [0.5, 0.6) is 11.5 Å². The fourth-order valence-corrected chi connectivity index (χ4v) is 5.42. The molecule has 0 spiro atoms. The van der Waals surface area contributed by atoms with Crippen molar-refractivity contribution in [2.75, 3.05) is 24.0 Å². The summed E-state index contributed by atoms with van der Waals surface area (Å²) in [7, 11) is 1.53. The second-order valence-corrected chi connectivity index (χ2v) is 11.6. The summed E-state index contributed by atoms with van der Waals surface area (Å²) < 4.78 is 10.8. The predicted molar refractivity (Wildman–Crippen MR) is 182 cm³/mol. The number of amidine groups is 1. The number of azo groups is 1. The van der Waals surface area contributed by atoms with Crippen molar-refractivity contribution in [3.8, 4) is 11.5 Å². The van der Waals surface area contributed by atoms with Crippen LogP contribution < -0.4 is 25.1 Å². The number of halogens is 3. The monoisotopic (exact) mass is 692 g/mol. The van der Waals surface area contributed by atoms with E-state index in [2.05, 4.69) is 26.0 Å². The van der Waals surface area contributed by atoms with Gasteiger partial charge in [0.25, 0.3) is 17.7 Å². The summed E-state index contributed by atoms with van der Waals surface area (Å²) in [5.41, 5.74) is 2.91. The van der Waals surface area contributed by atoms with E-state index in [4.69, 9.17) is 44.3 Å². The van der Waals surface area contributed by atoms with Crippen LogP contribution in [0, 0.1) is 13.8 Å². The van der Waals surface area contributed by atoms with Gasteiger partial charge in [0.05, 0.1) is 22.8 Å². The van der Waals surface area contributed by atoms with Crippen LogP contribution in [0.2, 0.25) is 15.1 Å². The number of hydrogen-bond acceptors (Lipinski definition) is 8. The van der Waals surface area contributed by atoms with Crippen molar-refractivity contribution in [1.82, 2.24) is 5.32 Å². The molecule has 0 saturated heterocycles. The van der Waals surface area contributed by atoms with Gasteiger partial charge in [-0.05, 0) is 85.6 Å². The molecule has 3 amide bonds. The largest absolute Gasteiger partial charge is 0.497 e. The van der Waals surface area contributed by atoms with Crippen molar-refractivity contribution < 1.29 is 23.9 Å². The lowest BCUT2D eigenvalue weighted by Gasteiger charge is -2.15. The lowest BCUT2D eigenvalue weighted by atomic mass is 10.1. The summed E-state index contributed by atoms with van der Waals surface area (Å²) in [4.78, 5) is 39.7. The Labute approximate surface area is 285 Å². The van der Waals surface area contributed by atoms with Crippen LogP contribution >= 0.6 is 34.8 Å². The van der Waals surface area contributed by atoms with Gasteiger partial charge in [-0.3, -0.25) is 14.4 Å². The molecule has 2 N–H and O–H groups in total. The standard InChI is InChI=1S/C33H27Cl3N6O5/c1-18-7-8-19(2)27(13-18)47-17-28(43)37-23-6-4-5-20(14-23)32(44)38-31-29(40-39-22-9-11-24(46-3)12-10-22)33(45)42(41-31)30-25(35)15-21(34)16-26(30)36/h4-16,29H,17H2,1-3H3,(H,37,43)(H,38,41,44). The number of anilines is 2. The number of benzene rings is 4. The highest BCUT2D eigenvalue weighted by molar-refractivity contribution is 6.43. The fourth-order valence-electron chi connectivity index (χ4n) is 4.44. The highest BCUT2D eigenvalue weighted by atomic mass is 35.5. The van der Waals surface area contributed by atoms with Gasteiger partial charge in [0, 0.05) is 16.3 Å². The number of nitrogens with zero attached hydrogens (tertiary/aromatic N) is 4. The highest BCUT2D eigenvalue weighted by Crippen LogP contribution is 2.38. The molecule has 1 atom stereocenters. The molecule has 1 unspecified atom stereocenters. The Morgan fingerprint density at radius 1 is 0.936 bits per heavy atom. The Balaban J connectivity index is 1.35. The number of aryl methyl sites for hydroxylation is 2. The Bertz CT molecular complexity index is 1890. The number of amides is 3. The van der Waals surface area contributed by atoms with Gasteiger partial charge in [0.2, 0.25) is 6.04 Å². The van der Waals surface area contributed by atoms with Gasteiger partial charge >= 0.3 is 0 Å². The second kappa shape index (κ2) is 14.6. The Hall–Kier alpha value is -4.97. The number of hydrogen-bond donors (Lipinski definition) is 2. The first-order valence-corrected chi connectivity index (χ1v) is 15.2. The van der Waals surface area contributed by atoms with Crippen molar-refractivity contribution in [3.05, 3.63) is 111 Å².